The molecular weight excluding hydrogens is 322 g/mol. The number of likely N-dealkylation sites (tertiary alicyclic amines) is 1. The summed E-state index contributed by atoms with van der Waals surface area (Å²) in [6.45, 7) is 4.51. The minimum Gasteiger partial charge on any atom is -0.448 e. The second-order valence-corrected chi connectivity index (χ2v) is 6.23. The molecular formula is C17H23N5O3. The summed E-state index contributed by atoms with van der Waals surface area (Å²) in [6, 6.07) is 3.41. The minimum atomic E-state index is -0.219. The lowest BCUT2D eigenvalue weighted by atomic mass is 10.0. The highest BCUT2D eigenvalue weighted by molar-refractivity contribution is 5.91. The number of nitrogens with one attached hydrogen (secondary N) is 1. The van der Waals surface area contributed by atoms with Gasteiger partial charge in [-0.05, 0) is 25.5 Å². The van der Waals surface area contributed by atoms with Crippen molar-refractivity contribution in [2.45, 2.75) is 38.8 Å². The van der Waals surface area contributed by atoms with Gasteiger partial charge in [-0.2, -0.15) is 5.10 Å². The molecule has 3 heterocycles. The number of carbonyl (C=O) groups is 1. The lowest BCUT2D eigenvalue weighted by Gasteiger charge is -2.35. The highest BCUT2D eigenvalue weighted by atomic mass is 16.3. The first kappa shape index (κ1) is 17.3. The molecule has 0 aliphatic carbocycles. The zero-order chi connectivity index (χ0) is 17.6. The van der Waals surface area contributed by atoms with Gasteiger partial charge in [0.1, 0.15) is 6.26 Å². The molecule has 8 nitrogen and oxygen atoms in total. The van der Waals surface area contributed by atoms with Gasteiger partial charge in [0.15, 0.2) is 11.6 Å². The highest BCUT2D eigenvalue weighted by Crippen LogP contribution is 2.16. The van der Waals surface area contributed by atoms with E-state index in [-0.39, 0.29) is 17.5 Å². The van der Waals surface area contributed by atoms with E-state index in [4.69, 9.17) is 4.42 Å². The van der Waals surface area contributed by atoms with Crippen LogP contribution in [0.4, 0.5) is 0 Å². The third-order valence-corrected chi connectivity index (χ3v) is 4.48. The van der Waals surface area contributed by atoms with Crippen LogP contribution in [0, 0.1) is 6.92 Å². The maximum Gasteiger partial charge on any atom is 0.273 e. The van der Waals surface area contributed by atoms with Crippen molar-refractivity contribution in [3.63, 3.8) is 0 Å². The number of hydrogen-bond donors (Lipinski definition) is 1. The van der Waals surface area contributed by atoms with E-state index in [1.807, 2.05) is 0 Å². The molecule has 8 heteroatoms. The van der Waals surface area contributed by atoms with Gasteiger partial charge in [0.05, 0.1) is 6.54 Å². The second kappa shape index (κ2) is 8.06. The molecule has 1 aliphatic rings. The molecule has 0 bridgehead atoms. The van der Waals surface area contributed by atoms with Crippen LogP contribution in [0.2, 0.25) is 0 Å². The van der Waals surface area contributed by atoms with E-state index in [1.54, 1.807) is 19.2 Å². The van der Waals surface area contributed by atoms with E-state index >= 15 is 0 Å². The fraction of sp³-hybridized carbons (Fsp3) is 0.529. The van der Waals surface area contributed by atoms with E-state index in [1.165, 1.54) is 17.0 Å². The van der Waals surface area contributed by atoms with Crippen molar-refractivity contribution in [2.75, 3.05) is 19.6 Å². The SMILES string of the molecule is Cc1nc(C(=O)NCC2CCCCN2CCn2ncccc2=O)co1. The number of aryl methyl sites for hydroxylation is 1. The summed E-state index contributed by atoms with van der Waals surface area (Å²) < 4.78 is 6.55. The van der Waals surface area contributed by atoms with Gasteiger partial charge in [0.2, 0.25) is 0 Å². The smallest absolute Gasteiger partial charge is 0.273 e. The molecule has 25 heavy (non-hydrogen) atoms. The normalized spacial score (nSPS) is 18.2. The van der Waals surface area contributed by atoms with E-state index in [0.29, 0.717) is 24.7 Å². The summed E-state index contributed by atoms with van der Waals surface area (Å²) in [5.41, 5.74) is 0.214. The zero-order valence-corrected chi connectivity index (χ0v) is 14.4. The van der Waals surface area contributed by atoms with Crippen molar-refractivity contribution in [1.82, 2.24) is 25.0 Å². The zero-order valence-electron chi connectivity index (χ0n) is 14.4. The van der Waals surface area contributed by atoms with Crippen molar-refractivity contribution in [3.8, 4) is 0 Å². The Morgan fingerprint density at radius 1 is 1.40 bits per heavy atom. The second-order valence-electron chi connectivity index (χ2n) is 6.23. The van der Waals surface area contributed by atoms with Gasteiger partial charge < -0.3 is 9.73 Å². The van der Waals surface area contributed by atoms with Gasteiger partial charge in [-0.15, -0.1) is 0 Å². The van der Waals surface area contributed by atoms with Crippen LogP contribution in [0.1, 0.15) is 35.6 Å². The number of carbonyl (C=O) groups excluding carboxylic acids is 1. The summed E-state index contributed by atoms with van der Waals surface area (Å²) in [6.07, 6.45) is 6.29. The van der Waals surface area contributed by atoms with Crippen molar-refractivity contribution < 1.29 is 9.21 Å². The topological polar surface area (TPSA) is 93.3 Å². The van der Waals surface area contributed by atoms with Gasteiger partial charge in [-0.3, -0.25) is 14.5 Å². The molecule has 134 valence electrons. The summed E-state index contributed by atoms with van der Waals surface area (Å²) in [5.74, 6) is 0.258. The Labute approximate surface area is 145 Å². The van der Waals surface area contributed by atoms with Crippen molar-refractivity contribution in [1.29, 1.82) is 0 Å². The number of piperidine rings is 1. The maximum atomic E-state index is 12.1. The Bertz CT molecular complexity index is 769. The first-order valence-electron chi connectivity index (χ1n) is 8.60. The van der Waals surface area contributed by atoms with E-state index in [0.717, 1.165) is 32.4 Å². The van der Waals surface area contributed by atoms with Crippen LogP contribution in [0.5, 0.6) is 0 Å². The van der Waals surface area contributed by atoms with Crippen molar-refractivity contribution in [2.24, 2.45) is 0 Å². The van der Waals surface area contributed by atoms with Crippen molar-refractivity contribution in [3.05, 3.63) is 46.5 Å². The fourth-order valence-electron chi connectivity index (χ4n) is 3.13. The molecule has 1 aliphatic heterocycles. The van der Waals surface area contributed by atoms with Crippen LogP contribution in [-0.4, -0.2) is 51.2 Å². The summed E-state index contributed by atoms with van der Waals surface area (Å²) >= 11 is 0. The lowest BCUT2D eigenvalue weighted by Crippen LogP contribution is -2.48. The van der Waals surface area contributed by atoms with Gasteiger partial charge in [-0.1, -0.05) is 6.42 Å². The van der Waals surface area contributed by atoms with Gasteiger partial charge >= 0.3 is 0 Å². The number of rotatable bonds is 6. The Balaban J connectivity index is 1.54. The maximum absolute atomic E-state index is 12.1. The van der Waals surface area contributed by atoms with Gasteiger partial charge in [0.25, 0.3) is 11.5 Å². The van der Waals surface area contributed by atoms with Crippen LogP contribution in [0.25, 0.3) is 0 Å². The minimum absolute atomic E-state index is 0.0919. The van der Waals surface area contributed by atoms with E-state index < -0.39 is 0 Å². The van der Waals surface area contributed by atoms with Crippen molar-refractivity contribution >= 4 is 5.91 Å². The Morgan fingerprint density at radius 3 is 3.04 bits per heavy atom. The molecule has 2 aromatic rings. The van der Waals surface area contributed by atoms with Crippen LogP contribution in [-0.2, 0) is 6.54 Å². The Kier molecular flexibility index (Phi) is 5.60. The summed E-state index contributed by atoms with van der Waals surface area (Å²) in [5, 5.41) is 7.03. The average Bonchev–Trinajstić information content (AvgIpc) is 3.06. The number of hydrogen-bond acceptors (Lipinski definition) is 6. The van der Waals surface area contributed by atoms with Gasteiger partial charge in [0, 0.05) is 38.3 Å². The fourth-order valence-corrected chi connectivity index (χ4v) is 3.13. The Hall–Kier alpha value is -2.48. The van der Waals surface area contributed by atoms with Gasteiger partial charge in [-0.25, -0.2) is 9.67 Å². The summed E-state index contributed by atoms with van der Waals surface area (Å²) in [4.78, 5) is 30.2. The number of oxazole rings is 1. The van der Waals surface area contributed by atoms with Crippen LogP contribution < -0.4 is 10.9 Å². The van der Waals surface area contributed by atoms with Crippen LogP contribution >= 0.6 is 0 Å². The molecule has 0 aromatic carbocycles. The lowest BCUT2D eigenvalue weighted by molar-refractivity contribution is 0.0904. The number of amides is 1. The standard InChI is InChI=1S/C17H23N5O3/c1-13-20-15(12-25-13)17(24)18-11-14-5-2-3-8-21(14)9-10-22-16(23)6-4-7-19-22/h4,6-7,12,14H,2-3,5,8-11H2,1H3,(H,18,24). The average molecular weight is 345 g/mol. The molecule has 2 aromatic heterocycles. The molecule has 0 saturated carbocycles. The molecule has 1 fully saturated rings. The predicted molar refractivity (Wildman–Crippen MR) is 91.3 cm³/mol. The molecule has 3 rings (SSSR count). The Morgan fingerprint density at radius 2 is 2.28 bits per heavy atom. The quantitative estimate of drug-likeness (QED) is 0.833. The molecule has 0 radical (unpaired) electrons. The highest BCUT2D eigenvalue weighted by Gasteiger charge is 2.23. The number of nitrogens with zero attached hydrogens (tertiary/aromatic N) is 4. The third-order valence-electron chi connectivity index (χ3n) is 4.48. The summed E-state index contributed by atoms with van der Waals surface area (Å²) in [7, 11) is 0. The molecule has 1 saturated heterocycles. The van der Waals surface area contributed by atoms with Crippen LogP contribution in [0.15, 0.2) is 33.8 Å². The van der Waals surface area contributed by atoms with Crippen LogP contribution in [0.3, 0.4) is 0 Å². The third kappa shape index (κ3) is 4.54. The molecule has 1 unspecified atom stereocenters. The first-order chi connectivity index (χ1) is 12.1. The first-order valence-corrected chi connectivity index (χ1v) is 8.60. The molecule has 1 amide bonds. The largest absolute Gasteiger partial charge is 0.448 e. The van der Waals surface area contributed by atoms with E-state index in [9.17, 15) is 9.59 Å². The predicted octanol–water partition coefficient (Wildman–Crippen LogP) is 0.824. The molecule has 1 atom stereocenters. The molecule has 0 spiro atoms. The monoisotopic (exact) mass is 345 g/mol. The number of aromatic nitrogens is 3. The molecule has 1 N–H and O–H groups in total. The van der Waals surface area contributed by atoms with E-state index in [2.05, 4.69) is 20.3 Å².